The van der Waals surface area contributed by atoms with Gasteiger partial charge in [0.05, 0.1) is 7.11 Å². The van der Waals surface area contributed by atoms with Crippen molar-refractivity contribution >= 4 is 11.6 Å². The maximum atomic E-state index is 6.19. The maximum absolute atomic E-state index is 6.19. The van der Waals surface area contributed by atoms with Crippen molar-refractivity contribution < 1.29 is 31.4 Å². The van der Waals surface area contributed by atoms with Gasteiger partial charge in [-0.1, -0.05) is 41.9 Å². The fraction of sp³-hybridized carbons (Fsp3) is 0.217. The second-order valence-corrected chi connectivity index (χ2v) is 7.06. The average Bonchev–Trinajstić information content (AvgIpc) is 3.21. The van der Waals surface area contributed by atoms with E-state index in [1.54, 1.807) is 7.11 Å². The molecule has 0 radical (unpaired) electrons. The molecule has 1 aliphatic rings. The Hall–Kier alpha value is -2.60. The quantitative estimate of drug-likeness (QED) is 0.572. The van der Waals surface area contributed by atoms with Gasteiger partial charge in [0.2, 0.25) is 6.79 Å². The first kappa shape index (κ1) is 22.1. The highest BCUT2D eigenvalue weighted by Gasteiger charge is 2.13. The number of benzene rings is 3. The van der Waals surface area contributed by atoms with Gasteiger partial charge in [0.1, 0.15) is 6.61 Å². The van der Waals surface area contributed by atoms with Crippen LogP contribution < -0.4 is 36.7 Å². The molecule has 3 aromatic carbocycles. The van der Waals surface area contributed by atoms with Gasteiger partial charge in [-0.05, 0) is 41.5 Å². The van der Waals surface area contributed by atoms with Gasteiger partial charge in [-0.25, -0.2) is 0 Å². The van der Waals surface area contributed by atoms with Gasteiger partial charge < -0.3 is 36.7 Å². The Balaban J connectivity index is 0.00000256. The van der Waals surface area contributed by atoms with E-state index in [9.17, 15) is 0 Å². The monoisotopic (exact) mass is 446 g/mol. The molecule has 0 saturated carbocycles. The van der Waals surface area contributed by atoms with Crippen LogP contribution in [0.5, 0.6) is 23.0 Å². The number of hydrogen-bond donors (Lipinski definition) is 1. The Morgan fingerprint density at radius 2 is 1.63 bits per heavy atom. The molecule has 3 aromatic rings. The molecule has 0 aromatic heterocycles. The molecule has 0 bridgehead atoms. The molecule has 0 saturated heterocycles. The molecule has 0 spiro atoms. The van der Waals surface area contributed by atoms with Gasteiger partial charge in [-0.2, -0.15) is 0 Å². The number of rotatable bonds is 8. The Kier molecular flexibility index (Phi) is 7.69. The molecular formula is C23H22Cl2NO4-. The third-order valence-corrected chi connectivity index (χ3v) is 5.03. The van der Waals surface area contributed by atoms with Crippen molar-refractivity contribution in [1.82, 2.24) is 5.32 Å². The Bertz CT molecular complexity index is 997. The highest BCUT2D eigenvalue weighted by atomic mass is 35.5. The Morgan fingerprint density at radius 3 is 2.43 bits per heavy atom. The van der Waals surface area contributed by atoms with Crippen LogP contribution in [0, 0.1) is 0 Å². The van der Waals surface area contributed by atoms with E-state index in [4.69, 9.17) is 30.5 Å². The predicted octanol–water partition coefficient (Wildman–Crippen LogP) is 1.95. The first-order chi connectivity index (χ1) is 14.2. The predicted molar refractivity (Wildman–Crippen MR) is 112 cm³/mol. The summed E-state index contributed by atoms with van der Waals surface area (Å²) in [6.07, 6.45) is 0. The first-order valence-electron chi connectivity index (χ1n) is 9.35. The topological polar surface area (TPSA) is 49.0 Å². The van der Waals surface area contributed by atoms with Crippen LogP contribution in [0.15, 0.2) is 60.7 Å². The number of methoxy groups -OCH3 is 1. The molecule has 30 heavy (non-hydrogen) atoms. The lowest BCUT2D eigenvalue weighted by Gasteiger charge is -2.13. The SMILES string of the molecule is COc1cc(CNCc2ccc3c(c2)OCO3)ccc1OCc1ccccc1Cl.[Cl-]. The van der Waals surface area contributed by atoms with E-state index >= 15 is 0 Å². The van der Waals surface area contributed by atoms with E-state index in [-0.39, 0.29) is 19.2 Å². The van der Waals surface area contributed by atoms with Crippen molar-refractivity contribution in [2.75, 3.05) is 13.9 Å². The van der Waals surface area contributed by atoms with Crippen LogP contribution in [0.25, 0.3) is 0 Å². The molecule has 7 heteroatoms. The van der Waals surface area contributed by atoms with Gasteiger partial charge in [0.25, 0.3) is 0 Å². The lowest BCUT2D eigenvalue weighted by Crippen LogP contribution is -3.00. The zero-order valence-electron chi connectivity index (χ0n) is 16.5. The summed E-state index contributed by atoms with van der Waals surface area (Å²) < 4.78 is 22.2. The molecule has 0 aliphatic carbocycles. The van der Waals surface area contributed by atoms with E-state index in [0.29, 0.717) is 29.7 Å². The van der Waals surface area contributed by atoms with Crippen LogP contribution in [-0.4, -0.2) is 13.9 Å². The van der Waals surface area contributed by atoms with Gasteiger partial charge >= 0.3 is 0 Å². The zero-order chi connectivity index (χ0) is 20.1. The Labute approximate surface area is 187 Å². The van der Waals surface area contributed by atoms with Gasteiger partial charge in [-0.3, -0.25) is 0 Å². The number of hydrogen-bond acceptors (Lipinski definition) is 5. The molecule has 0 fully saturated rings. The van der Waals surface area contributed by atoms with Crippen molar-refractivity contribution in [3.8, 4) is 23.0 Å². The summed E-state index contributed by atoms with van der Waals surface area (Å²) >= 11 is 6.19. The minimum Gasteiger partial charge on any atom is -1.00 e. The van der Waals surface area contributed by atoms with Crippen LogP contribution in [0.3, 0.4) is 0 Å². The van der Waals surface area contributed by atoms with Crippen molar-refractivity contribution in [2.24, 2.45) is 0 Å². The van der Waals surface area contributed by atoms with Gasteiger partial charge in [0, 0.05) is 23.7 Å². The fourth-order valence-corrected chi connectivity index (χ4v) is 3.30. The van der Waals surface area contributed by atoms with Crippen LogP contribution >= 0.6 is 11.6 Å². The number of halogens is 2. The van der Waals surface area contributed by atoms with Crippen LogP contribution in [-0.2, 0) is 19.7 Å². The van der Waals surface area contributed by atoms with Gasteiger partial charge in [-0.15, -0.1) is 0 Å². The Morgan fingerprint density at radius 1 is 0.900 bits per heavy atom. The highest BCUT2D eigenvalue weighted by molar-refractivity contribution is 6.31. The lowest BCUT2D eigenvalue weighted by atomic mass is 10.1. The number of nitrogens with one attached hydrogen (secondary N) is 1. The number of ether oxygens (including phenoxy) is 4. The smallest absolute Gasteiger partial charge is 0.231 e. The maximum Gasteiger partial charge on any atom is 0.231 e. The number of fused-ring (bicyclic) bond motifs is 1. The molecule has 0 atom stereocenters. The van der Waals surface area contributed by atoms with Crippen LogP contribution in [0.2, 0.25) is 5.02 Å². The van der Waals surface area contributed by atoms with Crippen LogP contribution in [0.4, 0.5) is 0 Å². The van der Waals surface area contributed by atoms with Crippen LogP contribution in [0.1, 0.15) is 16.7 Å². The van der Waals surface area contributed by atoms with Crippen molar-refractivity contribution in [3.05, 3.63) is 82.4 Å². The van der Waals surface area contributed by atoms with E-state index in [2.05, 4.69) is 5.32 Å². The molecule has 0 amide bonds. The van der Waals surface area contributed by atoms with E-state index in [0.717, 1.165) is 34.7 Å². The van der Waals surface area contributed by atoms with Crippen molar-refractivity contribution in [2.45, 2.75) is 19.7 Å². The summed E-state index contributed by atoms with van der Waals surface area (Å²) in [5.41, 5.74) is 3.18. The van der Waals surface area contributed by atoms with E-state index in [1.165, 1.54) is 0 Å². The molecule has 1 aliphatic heterocycles. The molecule has 5 nitrogen and oxygen atoms in total. The normalized spacial score (nSPS) is 11.7. The third-order valence-electron chi connectivity index (χ3n) is 4.66. The molecule has 158 valence electrons. The summed E-state index contributed by atoms with van der Waals surface area (Å²) in [6.45, 7) is 2.11. The molecular weight excluding hydrogens is 425 g/mol. The molecule has 0 unspecified atom stereocenters. The minimum atomic E-state index is 0. The van der Waals surface area contributed by atoms with E-state index < -0.39 is 0 Å². The molecule has 1 N–H and O–H groups in total. The highest BCUT2D eigenvalue weighted by Crippen LogP contribution is 2.32. The lowest BCUT2D eigenvalue weighted by molar-refractivity contribution is -0.00000786. The fourth-order valence-electron chi connectivity index (χ4n) is 3.11. The summed E-state index contributed by atoms with van der Waals surface area (Å²) in [5, 5.41) is 4.13. The summed E-state index contributed by atoms with van der Waals surface area (Å²) in [5.74, 6) is 2.98. The standard InChI is InChI=1S/C23H22ClNO4.ClH/c1-26-22-10-16(6-8-20(22)27-14-18-4-2-3-5-19(18)24)12-25-13-17-7-9-21-23(11-17)29-15-28-21;/h2-11,25H,12-15H2,1H3;1H/p-1. The largest absolute Gasteiger partial charge is 1.00 e. The molecule has 4 rings (SSSR count). The summed E-state index contributed by atoms with van der Waals surface area (Å²) in [6, 6.07) is 19.5. The average molecular weight is 447 g/mol. The minimum absolute atomic E-state index is 0. The second-order valence-electron chi connectivity index (χ2n) is 6.66. The van der Waals surface area contributed by atoms with Crippen molar-refractivity contribution in [3.63, 3.8) is 0 Å². The zero-order valence-corrected chi connectivity index (χ0v) is 18.0. The first-order valence-corrected chi connectivity index (χ1v) is 9.73. The summed E-state index contributed by atoms with van der Waals surface area (Å²) in [4.78, 5) is 0. The summed E-state index contributed by atoms with van der Waals surface area (Å²) in [7, 11) is 1.64. The van der Waals surface area contributed by atoms with E-state index in [1.807, 2.05) is 60.7 Å². The molecule has 1 heterocycles. The third kappa shape index (κ3) is 5.30. The van der Waals surface area contributed by atoms with Gasteiger partial charge in [0.15, 0.2) is 23.0 Å². The van der Waals surface area contributed by atoms with Crippen molar-refractivity contribution in [1.29, 1.82) is 0 Å². The second kappa shape index (κ2) is 10.4.